The first kappa shape index (κ1) is 14.6. The summed E-state index contributed by atoms with van der Waals surface area (Å²) in [7, 11) is 0. The Morgan fingerprint density at radius 1 is 1.20 bits per heavy atom. The molecule has 3 nitrogen and oxygen atoms in total. The van der Waals surface area contributed by atoms with Crippen LogP contribution >= 0.6 is 0 Å². The lowest BCUT2D eigenvalue weighted by atomic mass is 10.1. The summed E-state index contributed by atoms with van der Waals surface area (Å²) in [6, 6.07) is 4.66. The molecule has 0 atom stereocenters. The molecule has 1 heterocycles. The van der Waals surface area contributed by atoms with E-state index in [9.17, 15) is 4.39 Å². The molecule has 20 heavy (non-hydrogen) atoms. The van der Waals surface area contributed by atoms with Crippen molar-refractivity contribution in [1.82, 2.24) is 15.3 Å². The van der Waals surface area contributed by atoms with Gasteiger partial charge in [0.25, 0.3) is 0 Å². The SMILES string of the molecule is Cc1ccc(F)cc1-c1ncc(CNCC(C)C)cn1. The fourth-order valence-corrected chi connectivity index (χ4v) is 1.93. The van der Waals surface area contributed by atoms with Crippen molar-refractivity contribution in [1.29, 1.82) is 0 Å². The third-order valence-electron chi connectivity index (χ3n) is 3.03. The first-order chi connectivity index (χ1) is 9.56. The van der Waals surface area contributed by atoms with Gasteiger partial charge in [0.05, 0.1) is 0 Å². The number of nitrogens with one attached hydrogen (secondary N) is 1. The van der Waals surface area contributed by atoms with Gasteiger partial charge in [-0.2, -0.15) is 0 Å². The van der Waals surface area contributed by atoms with Gasteiger partial charge in [0.1, 0.15) is 5.82 Å². The lowest BCUT2D eigenvalue weighted by Gasteiger charge is -2.08. The van der Waals surface area contributed by atoms with E-state index in [1.54, 1.807) is 18.5 Å². The van der Waals surface area contributed by atoms with Crippen molar-refractivity contribution in [3.8, 4) is 11.4 Å². The van der Waals surface area contributed by atoms with Crippen LogP contribution in [0.4, 0.5) is 4.39 Å². The van der Waals surface area contributed by atoms with Crippen LogP contribution in [0.3, 0.4) is 0 Å². The van der Waals surface area contributed by atoms with Gasteiger partial charge in [-0.1, -0.05) is 19.9 Å². The van der Waals surface area contributed by atoms with Crippen LogP contribution in [0.1, 0.15) is 25.0 Å². The molecule has 0 radical (unpaired) electrons. The average Bonchev–Trinajstić information content (AvgIpc) is 2.42. The highest BCUT2D eigenvalue weighted by molar-refractivity contribution is 5.59. The molecule has 4 heteroatoms. The molecule has 0 aliphatic rings. The second-order valence-electron chi connectivity index (χ2n) is 5.40. The Morgan fingerprint density at radius 3 is 2.55 bits per heavy atom. The molecule has 0 bridgehead atoms. The number of hydrogen-bond acceptors (Lipinski definition) is 3. The van der Waals surface area contributed by atoms with Gasteiger partial charge in [-0.15, -0.1) is 0 Å². The maximum Gasteiger partial charge on any atom is 0.159 e. The van der Waals surface area contributed by atoms with Crippen molar-refractivity contribution in [2.45, 2.75) is 27.3 Å². The minimum Gasteiger partial charge on any atom is -0.312 e. The van der Waals surface area contributed by atoms with Crippen LogP contribution in [0.15, 0.2) is 30.6 Å². The van der Waals surface area contributed by atoms with Gasteiger partial charge in [0.15, 0.2) is 5.82 Å². The molecule has 0 aliphatic heterocycles. The standard InChI is InChI=1S/C16H20FN3/c1-11(2)7-18-8-13-9-19-16(20-10-13)15-6-14(17)5-4-12(15)3/h4-6,9-11,18H,7-8H2,1-3H3. The molecule has 1 aromatic carbocycles. The molecule has 0 spiro atoms. The van der Waals surface area contributed by atoms with Crippen LogP contribution in [0, 0.1) is 18.7 Å². The Balaban J connectivity index is 2.09. The van der Waals surface area contributed by atoms with E-state index in [0.29, 0.717) is 11.7 Å². The van der Waals surface area contributed by atoms with Gasteiger partial charge in [0, 0.05) is 30.1 Å². The molecule has 0 amide bonds. The molecular formula is C16H20FN3. The van der Waals surface area contributed by atoms with E-state index in [1.807, 2.05) is 6.92 Å². The van der Waals surface area contributed by atoms with E-state index in [-0.39, 0.29) is 5.82 Å². The molecule has 2 rings (SSSR count). The maximum atomic E-state index is 13.3. The molecule has 1 aromatic heterocycles. The molecule has 0 aliphatic carbocycles. The summed E-state index contributed by atoms with van der Waals surface area (Å²) in [5, 5.41) is 3.34. The van der Waals surface area contributed by atoms with Crippen molar-refractivity contribution < 1.29 is 4.39 Å². The Kier molecular flexibility index (Phi) is 4.79. The first-order valence-electron chi connectivity index (χ1n) is 6.84. The summed E-state index contributed by atoms with van der Waals surface area (Å²) in [4.78, 5) is 8.66. The van der Waals surface area contributed by atoms with Gasteiger partial charge < -0.3 is 5.32 Å². The van der Waals surface area contributed by atoms with Crippen LogP contribution in [0.2, 0.25) is 0 Å². The Hall–Kier alpha value is -1.81. The second-order valence-corrected chi connectivity index (χ2v) is 5.40. The fraction of sp³-hybridized carbons (Fsp3) is 0.375. The van der Waals surface area contributed by atoms with Crippen molar-refractivity contribution in [2.75, 3.05) is 6.54 Å². The summed E-state index contributed by atoms with van der Waals surface area (Å²) in [5.74, 6) is 0.914. The number of benzene rings is 1. The topological polar surface area (TPSA) is 37.8 Å². The number of aromatic nitrogens is 2. The molecule has 0 unspecified atom stereocenters. The van der Waals surface area contributed by atoms with Gasteiger partial charge in [-0.3, -0.25) is 0 Å². The molecule has 106 valence electrons. The molecule has 1 N–H and O–H groups in total. The number of nitrogens with zero attached hydrogens (tertiary/aromatic N) is 2. The van der Waals surface area contributed by atoms with Gasteiger partial charge in [-0.05, 0) is 37.1 Å². The summed E-state index contributed by atoms with van der Waals surface area (Å²) in [6.07, 6.45) is 3.58. The Morgan fingerprint density at radius 2 is 1.90 bits per heavy atom. The van der Waals surface area contributed by atoms with E-state index >= 15 is 0 Å². The van der Waals surface area contributed by atoms with Gasteiger partial charge in [-0.25, -0.2) is 14.4 Å². The van der Waals surface area contributed by atoms with Gasteiger partial charge >= 0.3 is 0 Å². The zero-order valence-corrected chi connectivity index (χ0v) is 12.2. The van der Waals surface area contributed by atoms with Crippen LogP contribution in [-0.2, 0) is 6.54 Å². The van der Waals surface area contributed by atoms with E-state index < -0.39 is 0 Å². The van der Waals surface area contributed by atoms with E-state index in [4.69, 9.17) is 0 Å². The number of rotatable bonds is 5. The smallest absolute Gasteiger partial charge is 0.159 e. The fourth-order valence-electron chi connectivity index (χ4n) is 1.93. The first-order valence-corrected chi connectivity index (χ1v) is 6.84. The maximum absolute atomic E-state index is 13.3. The zero-order chi connectivity index (χ0) is 14.5. The summed E-state index contributed by atoms with van der Waals surface area (Å²) >= 11 is 0. The molecule has 2 aromatic rings. The van der Waals surface area contributed by atoms with Gasteiger partial charge in [0.2, 0.25) is 0 Å². The lowest BCUT2D eigenvalue weighted by Crippen LogP contribution is -2.19. The van der Waals surface area contributed by atoms with E-state index in [2.05, 4.69) is 29.1 Å². The van der Waals surface area contributed by atoms with Crippen LogP contribution in [0.5, 0.6) is 0 Å². The minimum absolute atomic E-state index is 0.267. The highest BCUT2D eigenvalue weighted by atomic mass is 19.1. The normalized spacial score (nSPS) is 11.1. The zero-order valence-electron chi connectivity index (χ0n) is 12.2. The van der Waals surface area contributed by atoms with Crippen molar-refractivity contribution in [3.05, 3.63) is 47.5 Å². The quantitative estimate of drug-likeness (QED) is 0.908. The average molecular weight is 273 g/mol. The van der Waals surface area contributed by atoms with E-state index in [0.717, 1.165) is 29.8 Å². The van der Waals surface area contributed by atoms with Crippen molar-refractivity contribution in [2.24, 2.45) is 5.92 Å². The second kappa shape index (κ2) is 6.57. The number of hydrogen-bond donors (Lipinski definition) is 1. The summed E-state index contributed by atoms with van der Waals surface area (Å²) in [6.45, 7) is 7.97. The molecule has 0 saturated carbocycles. The minimum atomic E-state index is -0.267. The molecule has 0 fully saturated rings. The Bertz CT molecular complexity index is 564. The molecule has 0 saturated heterocycles. The third kappa shape index (κ3) is 3.84. The monoisotopic (exact) mass is 273 g/mol. The van der Waals surface area contributed by atoms with Crippen LogP contribution in [0.25, 0.3) is 11.4 Å². The number of halogens is 1. The Labute approximate surface area is 119 Å². The molecular weight excluding hydrogens is 253 g/mol. The predicted octanol–water partition coefficient (Wildman–Crippen LogP) is 3.34. The third-order valence-corrected chi connectivity index (χ3v) is 3.03. The highest BCUT2D eigenvalue weighted by Crippen LogP contribution is 2.20. The van der Waals surface area contributed by atoms with E-state index in [1.165, 1.54) is 12.1 Å². The summed E-state index contributed by atoms with van der Waals surface area (Å²) < 4.78 is 13.3. The predicted molar refractivity (Wildman–Crippen MR) is 78.7 cm³/mol. The number of aryl methyl sites for hydroxylation is 1. The van der Waals surface area contributed by atoms with Crippen LogP contribution in [-0.4, -0.2) is 16.5 Å². The van der Waals surface area contributed by atoms with Crippen molar-refractivity contribution in [3.63, 3.8) is 0 Å². The largest absolute Gasteiger partial charge is 0.312 e. The highest BCUT2D eigenvalue weighted by Gasteiger charge is 2.06. The van der Waals surface area contributed by atoms with Crippen LogP contribution < -0.4 is 5.32 Å². The summed E-state index contributed by atoms with van der Waals surface area (Å²) in [5.41, 5.74) is 2.74. The lowest BCUT2D eigenvalue weighted by molar-refractivity contribution is 0.551. The van der Waals surface area contributed by atoms with Crippen molar-refractivity contribution >= 4 is 0 Å².